The minimum Gasteiger partial charge on any atom is -0.315 e. The lowest BCUT2D eigenvalue weighted by atomic mass is 10.2. The third-order valence-electron chi connectivity index (χ3n) is 2.75. The van der Waals surface area contributed by atoms with Crippen molar-refractivity contribution in [2.75, 3.05) is 18.8 Å². The summed E-state index contributed by atoms with van der Waals surface area (Å²) in [5.74, 6) is 2.47. The van der Waals surface area contributed by atoms with Crippen molar-refractivity contribution in [3.05, 3.63) is 0 Å². The number of nitrogens with zero attached hydrogens (tertiary/aromatic N) is 4. The highest BCUT2D eigenvalue weighted by atomic mass is 32.2. The molecule has 0 aliphatic rings. The fourth-order valence-electron chi connectivity index (χ4n) is 1.35. The largest absolute Gasteiger partial charge is 0.315 e. The zero-order valence-corrected chi connectivity index (χ0v) is 12.7. The standard InChI is InChI=1S/C12H25N5S/c1-5-11(4)9-18-12-14-15-16-17(12)7-6-13-8-10(2)3/h10-11,13H,5-9H2,1-4H3. The van der Waals surface area contributed by atoms with E-state index < -0.39 is 0 Å². The second-order valence-corrected chi connectivity index (χ2v) is 6.09. The predicted octanol–water partition coefficient (Wildman–Crippen LogP) is 2.06. The summed E-state index contributed by atoms with van der Waals surface area (Å²) in [6, 6.07) is 0. The highest BCUT2D eigenvalue weighted by Crippen LogP contribution is 2.18. The summed E-state index contributed by atoms with van der Waals surface area (Å²) < 4.78 is 1.89. The maximum absolute atomic E-state index is 4.07. The summed E-state index contributed by atoms with van der Waals surface area (Å²) in [6.45, 7) is 11.7. The van der Waals surface area contributed by atoms with E-state index in [1.165, 1.54) is 6.42 Å². The smallest absolute Gasteiger partial charge is 0.209 e. The summed E-state index contributed by atoms with van der Waals surface area (Å²) in [5, 5.41) is 16.2. The summed E-state index contributed by atoms with van der Waals surface area (Å²) in [5.41, 5.74) is 0. The van der Waals surface area contributed by atoms with Gasteiger partial charge in [-0.05, 0) is 28.8 Å². The molecule has 1 heterocycles. The number of thioether (sulfide) groups is 1. The van der Waals surface area contributed by atoms with Crippen LogP contribution >= 0.6 is 11.8 Å². The van der Waals surface area contributed by atoms with Gasteiger partial charge in [0.2, 0.25) is 5.16 Å². The lowest BCUT2D eigenvalue weighted by Crippen LogP contribution is -2.24. The van der Waals surface area contributed by atoms with Crippen LogP contribution in [-0.4, -0.2) is 39.0 Å². The number of tetrazole rings is 1. The molecular weight excluding hydrogens is 246 g/mol. The van der Waals surface area contributed by atoms with Gasteiger partial charge in [0.25, 0.3) is 0 Å². The Bertz CT molecular complexity index is 326. The van der Waals surface area contributed by atoms with Gasteiger partial charge in [0, 0.05) is 12.3 Å². The first kappa shape index (κ1) is 15.4. The molecule has 6 heteroatoms. The number of hydrogen-bond donors (Lipinski definition) is 1. The van der Waals surface area contributed by atoms with Crippen molar-refractivity contribution in [2.24, 2.45) is 11.8 Å². The van der Waals surface area contributed by atoms with E-state index in [1.807, 2.05) is 4.68 Å². The molecule has 0 aromatic carbocycles. The zero-order chi connectivity index (χ0) is 13.4. The molecule has 0 fully saturated rings. The van der Waals surface area contributed by atoms with Gasteiger partial charge in [0.15, 0.2) is 0 Å². The van der Waals surface area contributed by atoms with Crippen LogP contribution in [0.5, 0.6) is 0 Å². The molecule has 0 spiro atoms. The van der Waals surface area contributed by atoms with Gasteiger partial charge < -0.3 is 5.32 Å². The van der Waals surface area contributed by atoms with Crippen molar-refractivity contribution < 1.29 is 0 Å². The van der Waals surface area contributed by atoms with E-state index in [4.69, 9.17) is 0 Å². The average molecular weight is 271 g/mol. The van der Waals surface area contributed by atoms with Crippen LogP contribution in [0.25, 0.3) is 0 Å². The normalized spacial score (nSPS) is 13.2. The van der Waals surface area contributed by atoms with Crippen LogP contribution in [0.1, 0.15) is 34.1 Å². The van der Waals surface area contributed by atoms with E-state index in [2.05, 4.69) is 48.5 Å². The summed E-state index contributed by atoms with van der Waals surface area (Å²) >= 11 is 1.75. The van der Waals surface area contributed by atoms with E-state index in [-0.39, 0.29) is 0 Å². The third kappa shape index (κ3) is 5.82. The average Bonchev–Trinajstić information content (AvgIpc) is 2.79. The molecule has 18 heavy (non-hydrogen) atoms. The fraction of sp³-hybridized carbons (Fsp3) is 0.917. The van der Waals surface area contributed by atoms with Crippen LogP contribution in [0.4, 0.5) is 0 Å². The first-order valence-electron chi connectivity index (χ1n) is 6.73. The molecule has 1 aromatic rings. The lowest BCUT2D eigenvalue weighted by Gasteiger charge is -2.09. The number of hydrogen-bond acceptors (Lipinski definition) is 5. The molecule has 1 rings (SSSR count). The molecule has 0 aliphatic carbocycles. The van der Waals surface area contributed by atoms with Gasteiger partial charge in [-0.1, -0.05) is 45.9 Å². The number of aromatic nitrogens is 4. The van der Waals surface area contributed by atoms with Crippen LogP contribution in [0.15, 0.2) is 5.16 Å². The van der Waals surface area contributed by atoms with Gasteiger partial charge in [-0.3, -0.25) is 0 Å². The Hall–Kier alpha value is -0.620. The van der Waals surface area contributed by atoms with Crippen molar-refractivity contribution in [1.29, 1.82) is 0 Å². The van der Waals surface area contributed by atoms with Crippen LogP contribution in [0, 0.1) is 11.8 Å². The van der Waals surface area contributed by atoms with E-state index in [0.717, 1.165) is 30.5 Å². The van der Waals surface area contributed by atoms with E-state index in [0.29, 0.717) is 11.8 Å². The molecular formula is C12H25N5S. The van der Waals surface area contributed by atoms with Crippen molar-refractivity contribution >= 4 is 11.8 Å². The van der Waals surface area contributed by atoms with Gasteiger partial charge in [-0.15, -0.1) is 5.10 Å². The summed E-state index contributed by atoms with van der Waals surface area (Å²) in [6.07, 6.45) is 1.20. The van der Waals surface area contributed by atoms with E-state index in [9.17, 15) is 0 Å². The molecule has 5 nitrogen and oxygen atoms in total. The third-order valence-corrected chi connectivity index (χ3v) is 4.03. The first-order chi connectivity index (χ1) is 8.63. The Morgan fingerprint density at radius 2 is 2.11 bits per heavy atom. The van der Waals surface area contributed by atoms with Gasteiger partial charge in [-0.2, -0.15) is 0 Å². The summed E-state index contributed by atoms with van der Waals surface area (Å²) in [4.78, 5) is 0. The summed E-state index contributed by atoms with van der Waals surface area (Å²) in [7, 11) is 0. The molecule has 0 saturated heterocycles. The Morgan fingerprint density at radius 1 is 1.33 bits per heavy atom. The molecule has 1 N–H and O–H groups in total. The van der Waals surface area contributed by atoms with E-state index >= 15 is 0 Å². The Balaban J connectivity index is 2.31. The highest BCUT2D eigenvalue weighted by Gasteiger charge is 2.08. The molecule has 0 saturated carbocycles. The Labute approximate surface area is 114 Å². The SMILES string of the molecule is CCC(C)CSc1nnnn1CCNCC(C)C. The second kappa shape index (κ2) is 8.48. The molecule has 1 unspecified atom stereocenters. The molecule has 0 amide bonds. The van der Waals surface area contributed by atoms with Crippen LogP contribution in [-0.2, 0) is 6.54 Å². The minimum atomic E-state index is 0.679. The second-order valence-electron chi connectivity index (χ2n) is 5.11. The first-order valence-corrected chi connectivity index (χ1v) is 7.71. The van der Waals surface area contributed by atoms with Gasteiger partial charge in [0.1, 0.15) is 0 Å². The Morgan fingerprint density at radius 3 is 2.78 bits per heavy atom. The monoisotopic (exact) mass is 271 g/mol. The topological polar surface area (TPSA) is 55.6 Å². The van der Waals surface area contributed by atoms with Gasteiger partial charge in [-0.25, -0.2) is 4.68 Å². The van der Waals surface area contributed by atoms with Crippen molar-refractivity contribution in [2.45, 2.75) is 45.8 Å². The van der Waals surface area contributed by atoms with Gasteiger partial charge >= 0.3 is 0 Å². The van der Waals surface area contributed by atoms with Crippen molar-refractivity contribution in [1.82, 2.24) is 25.5 Å². The molecule has 1 atom stereocenters. The fourth-order valence-corrected chi connectivity index (χ4v) is 2.39. The maximum Gasteiger partial charge on any atom is 0.209 e. The lowest BCUT2D eigenvalue weighted by molar-refractivity contribution is 0.481. The molecule has 104 valence electrons. The minimum absolute atomic E-state index is 0.679. The molecule has 1 aromatic heterocycles. The van der Waals surface area contributed by atoms with E-state index in [1.54, 1.807) is 11.8 Å². The van der Waals surface area contributed by atoms with Crippen LogP contribution in [0.3, 0.4) is 0 Å². The Kier molecular flexibility index (Phi) is 7.27. The molecule has 0 bridgehead atoms. The maximum atomic E-state index is 4.07. The van der Waals surface area contributed by atoms with Crippen LogP contribution < -0.4 is 5.32 Å². The molecule has 0 radical (unpaired) electrons. The van der Waals surface area contributed by atoms with Crippen molar-refractivity contribution in [3.63, 3.8) is 0 Å². The quantitative estimate of drug-likeness (QED) is 0.550. The molecule has 0 aliphatic heterocycles. The highest BCUT2D eigenvalue weighted by molar-refractivity contribution is 7.99. The predicted molar refractivity (Wildman–Crippen MR) is 75.7 cm³/mol. The van der Waals surface area contributed by atoms with Crippen molar-refractivity contribution in [3.8, 4) is 0 Å². The van der Waals surface area contributed by atoms with Gasteiger partial charge in [0.05, 0.1) is 6.54 Å². The number of rotatable bonds is 9. The van der Waals surface area contributed by atoms with Crippen LogP contribution in [0.2, 0.25) is 0 Å². The zero-order valence-electron chi connectivity index (χ0n) is 11.9. The number of nitrogens with one attached hydrogen (secondary N) is 1.